The largest absolute Gasteiger partial charge is 0.500 e. The fourth-order valence-electron chi connectivity index (χ4n) is 0.689. The van der Waals surface area contributed by atoms with E-state index < -0.39 is 5.56 Å². The number of rotatable bonds is 4. The summed E-state index contributed by atoms with van der Waals surface area (Å²) < 4.78 is 7.51. The highest BCUT2D eigenvalue weighted by molar-refractivity contribution is 7.08. The van der Waals surface area contributed by atoms with Crippen LogP contribution in [0.4, 0.5) is 0 Å². The van der Waals surface area contributed by atoms with Gasteiger partial charge in [0.25, 0.3) is 0 Å². The Bertz CT molecular complexity index is 291. The normalized spacial score (nSPS) is 10.1. The predicted octanol–water partition coefficient (Wildman–Crippen LogP) is 1.32. The summed E-state index contributed by atoms with van der Waals surface area (Å²) in [6.45, 7) is 2.58. The molecule has 1 aromatic rings. The minimum Gasteiger partial charge on any atom is -0.500 e. The van der Waals surface area contributed by atoms with Crippen LogP contribution >= 0.6 is 11.5 Å². The molecule has 0 unspecified atom stereocenters. The molecule has 0 aliphatic carbocycles. The van der Waals surface area contributed by atoms with E-state index in [0.717, 1.165) is 24.4 Å². The highest BCUT2D eigenvalue weighted by atomic mass is 32.1. The number of aromatic hydroxyl groups is 1. The lowest BCUT2D eigenvalue weighted by Crippen LogP contribution is -1.98. The molecular weight excluding hydrogens is 178 g/mol. The maximum Gasteiger partial charge on any atom is 0.304 e. The van der Waals surface area contributed by atoms with Gasteiger partial charge in [0.1, 0.15) is 0 Å². The Kier molecular flexibility index (Phi) is 3.16. The molecule has 12 heavy (non-hydrogen) atoms. The van der Waals surface area contributed by atoms with E-state index in [1.807, 2.05) is 6.92 Å². The Labute approximate surface area is 74.0 Å². The maximum absolute atomic E-state index is 10.7. The molecule has 0 atom stereocenters. The van der Waals surface area contributed by atoms with E-state index in [2.05, 4.69) is 4.37 Å². The minimum absolute atomic E-state index is 0.286. The lowest BCUT2D eigenvalue weighted by atomic mass is 10.4. The number of hydrogen-bond donors (Lipinski definition) is 2. The molecule has 1 aromatic heterocycles. The van der Waals surface area contributed by atoms with E-state index >= 15 is 0 Å². The van der Waals surface area contributed by atoms with E-state index in [9.17, 15) is 4.79 Å². The SMILES string of the molecule is CCCCOc1s[nH]c(=O)c1O. The van der Waals surface area contributed by atoms with Gasteiger partial charge in [0.2, 0.25) is 10.8 Å². The molecule has 0 bridgehead atoms. The molecule has 0 aromatic carbocycles. The van der Waals surface area contributed by atoms with E-state index in [1.165, 1.54) is 0 Å². The summed E-state index contributed by atoms with van der Waals surface area (Å²) in [6.07, 6.45) is 1.95. The fraction of sp³-hybridized carbons (Fsp3) is 0.571. The first kappa shape index (κ1) is 9.12. The van der Waals surface area contributed by atoms with E-state index in [0.29, 0.717) is 6.61 Å². The van der Waals surface area contributed by atoms with Crippen LogP contribution in [-0.2, 0) is 0 Å². The molecular formula is C7H11NO3S. The van der Waals surface area contributed by atoms with Crippen molar-refractivity contribution in [3.63, 3.8) is 0 Å². The lowest BCUT2D eigenvalue weighted by molar-refractivity contribution is 0.301. The molecule has 0 aliphatic heterocycles. The smallest absolute Gasteiger partial charge is 0.304 e. The number of aromatic nitrogens is 1. The van der Waals surface area contributed by atoms with Crippen molar-refractivity contribution in [3.05, 3.63) is 10.4 Å². The second-order valence-electron chi connectivity index (χ2n) is 2.37. The summed E-state index contributed by atoms with van der Waals surface area (Å²) in [5, 5.41) is 9.36. The molecule has 5 heteroatoms. The van der Waals surface area contributed by atoms with Crippen LogP contribution in [0.1, 0.15) is 19.8 Å². The lowest BCUT2D eigenvalue weighted by Gasteiger charge is -1.99. The zero-order valence-corrected chi connectivity index (χ0v) is 7.61. The summed E-state index contributed by atoms with van der Waals surface area (Å²) in [5.41, 5.74) is -0.480. The van der Waals surface area contributed by atoms with Crippen LogP contribution in [-0.4, -0.2) is 16.1 Å². The van der Waals surface area contributed by atoms with E-state index in [1.54, 1.807) is 0 Å². The number of unbranched alkanes of at least 4 members (excludes halogenated alkanes) is 1. The zero-order valence-electron chi connectivity index (χ0n) is 6.79. The zero-order chi connectivity index (χ0) is 8.97. The molecule has 68 valence electrons. The Morgan fingerprint density at radius 3 is 2.92 bits per heavy atom. The maximum atomic E-state index is 10.7. The molecule has 0 aliphatic rings. The summed E-state index contributed by atoms with van der Waals surface area (Å²) in [6, 6.07) is 0. The highest BCUT2D eigenvalue weighted by Gasteiger charge is 2.08. The topological polar surface area (TPSA) is 62.3 Å². The molecule has 1 heterocycles. The van der Waals surface area contributed by atoms with Crippen molar-refractivity contribution in [3.8, 4) is 10.8 Å². The average molecular weight is 189 g/mol. The van der Waals surface area contributed by atoms with Crippen LogP contribution in [0, 0.1) is 0 Å². The van der Waals surface area contributed by atoms with Gasteiger partial charge in [-0.05, 0) is 18.0 Å². The molecule has 0 fully saturated rings. The van der Waals surface area contributed by atoms with Crippen molar-refractivity contribution in [2.45, 2.75) is 19.8 Å². The van der Waals surface area contributed by atoms with Crippen LogP contribution in [0.2, 0.25) is 0 Å². The Balaban J connectivity index is 2.52. The number of nitrogens with one attached hydrogen (secondary N) is 1. The summed E-state index contributed by atoms with van der Waals surface area (Å²) >= 11 is 1.02. The molecule has 0 radical (unpaired) electrons. The third-order valence-electron chi connectivity index (χ3n) is 1.38. The Morgan fingerprint density at radius 1 is 1.67 bits per heavy atom. The second-order valence-corrected chi connectivity index (χ2v) is 3.15. The van der Waals surface area contributed by atoms with Crippen LogP contribution in [0.3, 0.4) is 0 Å². The molecule has 0 amide bonds. The monoisotopic (exact) mass is 189 g/mol. The molecule has 0 saturated carbocycles. The Hall–Kier alpha value is -0.970. The first-order valence-electron chi connectivity index (χ1n) is 3.79. The predicted molar refractivity (Wildman–Crippen MR) is 47.0 cm³/mol. The highest BCUT2D eigenvalue weighted by Crippen LogP contribution is 2.25. The Morgan fingerprint density at radius 2 is 2.42 bits per heavy atom. The van der Waals surface area contributed by atoms with E-state index in [-0.39, 0.29) is 10.8 Å². The first-order valence-corrected chi connectivity index (χ1v) is 4.60. The number of aromatic amines is 1. The fourth-order valence-corrected chi connectivity index (χ4v) is 1.30. The number of H-pyrrole nitrogens is 1. The van der Waals surface area contributed by atoms with Crippen LogP contribution < -0.4 is 10.3 Å². The van der Waals surface area contributed by atoms with Gasteiger partial charge >= 0.3 is 5.56 Å². The van der Waals surface area contributed by atoms with Gasteiger partial charge < -0.3 is 9.84 Å². The number of hydrogen-bond acceptors (Lipinski definition) is 4. The van der Waals surface area contributed by atoms with Crippen molar-refractivity contribution < 1.29 is 9.84 Å². The van der Waals surface area contributed by atoms with Gasteiger partial charge in [-0.25, -0.2) is 0 Å². The van der Waals surface area contributed by atoms with Crippen molar-refractivity contribution in [2.75, 3.05) is 6.61 Å². The van der Waals surface area contributed by atoms with Crippen molar-refractivity contribution >= 4 is 11.5 Å². The summed E-state index contributed by atoms with van der Waals surface area (Å²) in [4.78, 5) is 10.7. The van der Waals surface area contributed by atoms with Gasteiger partial charge in [0.15, 0.2) is 0 Å². The third-order valence-corrected chi connectivity index (χ3v) is 2.16. The van der Waals surface area contributed by atoms with Gasteiger partial charge in [-0.1, -0.05) is 13.3 Å². The van der Waals surface area contributed by atoms with Gasteiger partial charge in [0.05, 0.1) is 6.61 Å². The molecule has 0 spiro atoms. The summed E-state index contributed by atoms with van der Waals surface area (Å²) in [7, 11) is 0. The summed E-state index contributed by atoms with van der Waals surface area (Å²) in [5.74, 6) is -0.309. The van der Waals surface area contributed by atoms with Crippen LogP contribution in [0.5, 0.6) is 10.8 Å². The second kappa shape index (κ2) is 4.15. The average Bonchev–Trinajstić information content (AvgIpc) is 2.36. The molecule has 4 nitrogen and oxygen atoms in total. The van der Waals surface area contributed by atoms with Crippen LogP contribution in [0.25, 0.3) is 0 Å². The van der Waals surface area contributed by atoms with Crippen molar-refractivity contribution in [2.24, 2.45) is 0 Å². The third kappa shape index (κ3) is 2.01. The number of ether oxygens (including phenoxy) is 1. The molecule has 1 rings (SSSR count). The van der Waals surface area contributed by atoms with Crippen LogP contribution in [0.15, 0.2) is 4.79 Å². The van der Waals surface area contributed by atoms with Crippen molar-refractivity contribution in [1.82, 2.24) is 4.37 Å². The van der Waals surface area contributed by atoms with Gasteiger partial charge in [-0.15, -0.1) is 0 Å². The first-order chi connectivity index (χ1) is 5.75. The molecule has 0 saturated heterocycles. The quantitative estimate of drug-likeness (QED) is 0.702. The van der Waals surface area contributed by atoms with Gasteiger partial charge in [-0.2, -0.15) is 0 Å². The minimum atomic E-state index is -0.480. The standard InChI is InChI=1S/C7H11NO3S/c1-2-3-4-11-7-5(9)6(10)8-12-7/h9H,2-4H2,1H3,(H,8,10). The van der Waals surface area contributed by atoms with Gasteiger partial charge in [0, 0.05) is 0 Å². The van der Waals surface area contributed by atoms with E-state index in [4.69, 9.17) is 9.84 Å². The molecule has 2 N–H and O–H groups in total. The van der Waals surface area contributed by atoms with Crippen molar-refractivity contribution in [1.29, 1.82) is 0 Å². The van der Waals surface area contributed by atoms with Gasteiger partial charge in [-0.3, -0.25) is 9.17 Å².